The fourth-order valence-corrected chi connectivity index (χ4v) is 4.07. The third-order valence-electron chi connectivity index (χ3n) is 4.03. The Kier molecular flexibility index (Phi) is 5.18. The van der Waals surface area contributed by atoms with Crippen LogP contribution in [-0.2, 0) is 9.59 Å². The van der Waals surface area contributed by atoms with Gasteiger partial charge in [0.25, 0.3) is 5.91 Å². The molecule has 0 aromatic heterocycles. The summed E-state index contributed by atoms with van der Waals surface area (Å²) in [6.07, 6.45) is 3.09. The van der Waals surface area contributed by atoms with Gasteiger partial charge in [-0.1, -0.05) is 29.3 Å². The molecule has 126 valence electrons. The van der Waals surface area contributed by atoms with E-state index in [2.05, 4.69) is 4.99 Å². The number of amides is 2. The highest BCUT2D eigenvalue weighted by molar-refractivity contribution is 8.18. The zero-order valence-corrected chi connectivity index (χ0v) is 15.0. The van der Waals surface area contributed by atoms with E-state index in [0.717, 1.165) is 5.56 Å². The van der Waals surface area contributed by atoms with Crippen molar-refractivity contribution >= 4 is 58.0 Å². The lowest BCUT2D eigenvalue weighted by Gasteiger charge is -2.31. The molecular formula is C16H15Cl2N3O2S. The second kappa shape index (κ2) is 7.17. The van der Waals surface area contributed by atoms with Crippen molar-refractivity contribution < 1.29 is 9.59 Å². The monoisotopic (exact) mass is 383 g/mol. The number of amidine groups is 1. The summed E-state index contributed by atoms with van der Waals surface area (Å²) in [6.45, 7) is 1.34. The van der Waals surface area contributed by atoms with Gasteiger partial charge in [-0.15, -0.1) is 0 Å². The molecule has 1 aromatic carbocycles. The van der Waals surface area contributed by atoms with Crippen LogP contribution in [-0.4, -0.2) is 35.0 Å². The highest BCUT2D eigenvalue weighted by Crippen LogP contribution is 2.33. The van der Waals surface area contributed by atoms with Gasteiger partial charge < -0.3 is 10.6 Å². The van der Waals surface area contributed by atoms with Gasteiger partial charge in [0, 0.05) is 29.1 Å². The number of hydrogen-bond donors (Lipinski definition) is 1. The third kappa shape index (κ3) is 3.77. The van der Waals surface area contributed by atoms with Crippen LogP contribution in [0.5, 0.6) is 0 Å². The standard InChI is InChI=1S/C16H15Cl2N3O2S/c17-11-2-1-10(12(18)8-11)7-13-15(23)20-16(24-13)21-5-3-9(4-6-21)14(19)22/h1-2,7-9H,3-6H2,(H2,19,22)/b13-7+. The summed E-state index contributed by atoms with van der Waals surface area (Å²) >= 11 is 13.3. The van der Waals surface area contributed by atoms with Crippen LogP contribution < -0.4 is 5.73 Å². The Bertz CT molecular complexity index is 756. The van der Waals surface area contributed by atoms with Gasteiger partial charge in [0.05, 0.1) is 4.91 Å². The molecular weight excluding hydrogens is 369 g/mol. The number of nitrogens with two attached hydrogens (primary N) is 1. The van der Waals surface area contributed by atoms with Crippen molar-refractivity contribution in [1.82, 2.24) is 4.90 Å². The number of halogens is 2. The smallest absolute Gasteiger partial charge is 0.286 e. The molecule has 1 saturated heterocycles. The molecule has 5 nitrogen and oxygen atoms in total. The molecule has 2 aliphatic heterocycles. The highest BCUT2D eigenvalue weighted by Gasteiger charge is 2.30. The van der Waals surface area contributed by atoms with Crippen molar-refractivity contribution in [2.24, 2.45) is 16.6 Å². The molecule has 2 N–H and O–H groups in total. The fourth-order valence-electron chi connectivity index (χ4n) is 2.65. The van der Waals surface area contributed by atoms with Crippen LogP contribution in [0.3, 0.4) is 0 Å². The lowest BCUT2D eigenvalue weighted by atomic mass is 9.97. The zero-order chi connectivity index (χ0) is 17.3. The molecule has 8 heteroatoms. The van der Waals surface area contributed by atoms with E-state index in [1.165, 1.54) is 11.8 Å². The van der Waals surface area contributed by atoms with Gasteiger partial charge in [-0.2, -0.15) is 4.99 Å². The number of aliphatic imine (C=N–C) groups is 1. The van der Waals surface area contributed by atoms with Crippen LogP contribution in [0, 0.1) is 5.92 Å². The van der Waals surface area contributed by atoms with Gasteiger partial charge >= 0.3 is 0 Å². The first-order valence-electron chi connectivity index (χ1n) is 7.46. The number of hydrogen-bond acceptors (Lipinski definition) is 4. The lowest BCUT2D eigenvalue weighted by molar-refractivity contribution is -0.123. The molecule has 0 aliphatic carbocycles. The zero-order valence-electron chi connectivity index (χ0n) is 12.7. The topological polar surface area (TPSA) is 75.8 Å². The summed E-state index contributed by atoms with van der Waals surface area (Å²) in [5, 5.41) is 1.69. The Morgan fingerprint density at radius 1 is 1.33 bits per heavy atom. The lowest BCUT2D eigenvalue weighted by Crippen LogP contribution is -2.40. The van der Waals surface area contributed by atoms with Gasteiger partial charge in [-0.05, 0) is 48.4 Å². The van der Waals surface area contributed by atoms with E-state index in [1.54, 1.807) is 24.3 Å². The molecule has 1 aromatic rings. The second-order valence-corrected chi connectivity index (χ2v) is 7.49. The number of nitrogens with zero attached hydrogens (tertiary/aromatic N) is 2. The Labute approximate surface area is 153 Å². The van der Waals surface area contributed by atoms with Crippen LogP contribution in [0.25, 0.3) is 6.08 Å². The van der Waals surface area contributed by atoms with E-state index in [4.69, 9.17) is 28.9 Å². The number of piperidine rings is 1. The quantitative estimate of drug-likeness (QED) is 0.795. The van der Waals surface area contributed by atoms with Gasteiger partial charge in [0.1, 0.15) is 0 Å². The molecule has 0 saturated carbocycles. The summed E-state index contributed by atoms with van der Waals surface area (Å²) < 4.78 is 0. The Morgan fingerprint density at radius 2 is 2.04 bits per heavy atom. The average Bonchev–Trinajstić information content (AvgIpc) is 2.91. The average molecular weight is 384 g/mol. The van der Waals surface area contributed by atoms with Crippen molar-refractivity contribution in [1.29, 1.82) is 0 Å². The molecule has 24 heavy (non-hydrogen) atoms. The van der Waals surface area contributed by atoms with Crippen molar-refractivity contribution in [3.8, 4) is 0 Å². The molecule has 0 bridgehead atoms. The minimum atomic E-state index is -0.280. The molecule has 0 unspecified atom stereocenters. The SMILES string of the molecule is NC(=O)C1CCN(C2=NC(=O)/C(=C\c3ccc(Cl)cc3Cl)S2)CC1. The second-order valence-electron chi connectivity index (χ2n) is 5.64. The third-order valence-corrected chi connectivity index (χ3v) is 5.63. The molecule has 0 spiro atoms. The molecule has 1 fully saturated rings. The van der Waals surface area contributed by atoms with E-state index < -0.39 is 0 Å². The fraction of sp³-hybridized carbons (Fsp3) is 0.312. The molecule has 0 radical (unpaired) electrons. The maximum Gasteiger partial charge on any atom is 0.286 e. The largest absolute Gasteiger partial charge is 0.369 e. The molecule has 0 atom stereocenters. The van der Waals surface area contributed by atoms with E-state index >= 15 is 0 Å². The summed E-state index contributed by atoms with van der Waals surface area (Å²) in [7, 11) is 0. The van der Waals surface area contributed by atoms with Crippen molar-refractivity contribution in [3.63, 3.8) is 0 Å². The van der Waals surface area contributed by atoms with Crippen LogP contribution in [0.1, 0.15) is 18.4 Å². The normalized spacial score (nSPS) is 20.6. The molecule has 2 aliphatic rings. The van der Waals surface area contributed by atoms with E-state index in [-0.39, 0.29) is 17.7 Å². The van der Waals surface area contributed by atoms with Gasteiger partial charge in [0.15, 0.2) is 5.17 Å². The van der Waals surface area contributed by atoms with Crippen molar-refractivity contribution in [2.45, 2.75) is 12.8 Å². The number of rotatable bonds is 2. The van der Waals surface area contributed by atoms with Gasteiger partial charge in [-0.25, -0.2) is 0 Å². The van der Waals surface area contributed by atoms with Crippen LogP contribution in [0.15, 0.2) is 28.1 Å². The van der Waals surface area contributed by atoms with Crippen LogP contribution >= 0.6 is 35.0 Å². The first-order valence-corrected chi connectivity index (χ1v) is 9.03. The number of carbonyl (C=O) groups excluding carboxylic acids is 2. The van der Waals surface area contributed by atoms with E-state index in [9.17, 15) is 9.59 Å². The van der Waals surface area contributed by atoms with Gasteiger partial charge in [0.2, 0.25) is 5.91 Å². The molecule has 3 rings (SSSR count). The Balaban J connectivity index is 1.70. The minimum Gasteiger partial charge on any atom is -0.369 e. The predicted molar refractivity (Wildman–Crippen MR) is 98.0 cm³/mol. The number of thioether (sulfide) groups is 1. The maximum absolute atomic E-state index is 12.1. The van der Waals surface area contributed by atoms with Crippen molar-refractivity contribution in [3.05, 3.63) is 38.7 Å². The van der Waals surface area contributed by atoms with Crippen LogP contribution in [0.2, 0.25) is 10.0 Å². The van der Waals surface area contributed by atoms with E-state index in [0.29, 0.717) is 46.0 Å². The van der Waals surface area contributed by atoms with Crippen LogP contribution in [0.4, 0.5) is 0 Å². The number of carbonyl (C=O) groups is 2. The van der Waals surface area contributed by atoms with E-state index in [1.807, 2.05) is 4.90 Å². The summed E-state index contributed by atoms with van der Waals surface area (Å²) in [6, 6.07) is 5.12. The number of likely N-dealkylation sites (tertiary alicyclic amines) is 1. The molecule has 2 heterocycles. The Morgan fingerprint density at radius 3 is 2.67 bits per heavy atom. The first kappa shape index (κ1) is 17.3. The number of primary amides is 1. The Hall–Kier alpha value is -1.50. The summed E-state index contributed by atoms with van der Waals surface area (Å²) in [4.78, 5) is 30.0. The minimum absolute atomic E-state index is 0.0909. The first-order chi connectivity index (χ1) is 11.4. The predicted octanol–water partition coefficient (Wildman–Crippen LogP) is 3.16. The summed E-state index contributed by atoms with van der Waals surface area (Å²) in [5.74, 6) is -0.630. The highest BCUT2D eigenvalue weighted by atomic mass is 35.5. The van der Waals surface area contributed by atoms with Gasteiger partial charge in [-0.3, -0.25) is 9.59 Å². The maximum atomic E-state index is 12.1. The molecule has 2 amide bonds. The summed E-state index contributed by atoms with van der Waals surface area (Å²) in [5.41, 5.74) is 6.07. The van der Waals surface area contributed by atoms with Crippen molar-refractivity contribution in [2.75, 3.05) is 13.1 Å². The number of benzene rings is 1.